The van der Waals surface area contributed by atoms with Gasteiger partial charge in [-0.1, -0.05) is 0 Å². The van der Waals surface area contributed by atoms with Gasteiger partial charge in [0.2, 0.25) is 0 Å². The summed E-state index contributed by atoms with van der Waals surface area (Å²) in [6, 6.07) is 18.0. The van der Waals surface area contributed by atoms with Crippen LogP contribution in [0.5, 0.6) is 0 Å². The molecule has 30 heavy (non-hydrogen) atoms. The zero-order valence-corrected chi connectivity index (χ0v) is 21.3. The fourth-order valence-corrected chi connectivity index (χ4v) is 12.7. The molecule has 0 amide bonds. The number of furan rings is 1. The molecule has 3 aromatic rings. The molecular formula is C26H24Cl2OZr. The first-order chi connectivity index (χ1) is 13.6. The second kappa shape index (κ2) is 9.35. The van der Waals surface area contributed by atoms with Gasteiger partial charge in [0.1, 0.15) is 0 Å². The molecule has 0 spiro atoms. The van der Waals surface area contributed by atoms with Crippen molar-refractivity contribution in [1.29, 1.82) is 0 Å². The Morgan fingerprint density at radius 2 is 1.73 bits per heavy atom. The average molecular weight is 515 g/mol. The topological polar surface area (TPSA) is 13.1 Å². The van der Waals surface area contributed by atoms with E-state index in [0.29, 0.717) is 5.92 Å². The van der Waals surface area contributed by atoms with Gasteiger partial charge in [0.25, 0.3) is 0 Å². The van der Waals surface area contributed by atoms with E-state index in [0.717, 1.165) is 6.42 Å². The van der Waals surface area contributed by atoms with Crippen LogP contribution in [-0.4, -0.2) is 3.21 Å². The summed E-state index contributed by atoms with van der Waals surface area (Å²) < 4.78 is 10.4. The van der Waals surface area contributed by atoms with Crippen LogP contribution in [0, 0.1) is 5.92 Å². The van der Waals surface area contributed by atoms with Crippen LogP contribution in [0.25, 0.3) is 16.7 Å². The first kappa shape index (κ1) is 23.2. The molecule has 1 nitrogen and oxygen atoms in total. The Hall–Kier alpha value is -1.47. The summed E-state index contributed by atoms with van der Waals surface area (Å²) in [7, 11) is 0. The summed E-state index contributed by atoms with van der Waals surface area (Å²) in [5, 5.41) is 0. The molecule has 5 rings (SSSR count). The third-order valence-corrected chi connectivity index (χ3v) is 14.1. The first-order valence-electron chi connectivity index (χ1n) is 9.98. The number of halogens is 2. The molecule has 2 aliphatic rings. The quantitative estimate of drug-likeness (QED) is 0.373. The molecule has 1 aromatic heterocycles. The van der Waals surface area contributed by atoms with E-state index in [1.54, 1.807) is 21.6 Å². The Bertz CT molecular complexity index is 1170. The van der Waals surface area contributed by atoms with E-state index < -0.39 is 21.3 Å². The third-order valence-electron chi connectivity index (χ3n) is 6.02. The van der Waals surface area contributed by atoms with Gasteiger partial charge in [-0.25, -0.2) is 0 Å². The fraction of sp³-hybridized carbons (Fsp3) is 0.192. The van der Waals surface area contributed by atoms with E-state index in [2.05, 4.69) is 81.5 Å². The van der Waals surface area contributed by atoms with Crippen molar-refractivity contribution in [3.8, 4) is 11.1 Å². The van der Waals surface area contributed by atoms with Gasteiger partial charge < -0.3 is 24.8 Å². The maximum Gasteiger partial charge on any atom is -1.00 e. The molecule has 1 unspecified atom stereocenters. The van der Waals surface area contributed by atoms with E-state index in [4.69, 9.17) is 4.42 Å². The summed E-state index contributed by atoms with van der Waals surface area (Å²) in [6.45, 7) is 7.09. The van der Waals surface area contributed by atoms with Crippen LogP contribution < -0.4 is 28.1 Å². The molecule has 4 heteroatoms. The maximum absolute atomic E-state index is 5.42. The minimum absolute atomic E-state index is 0. The van der Waals surface area contributed by atoms with Gasteiger partial charge in [-0.3, -0.25) is 0 Å². The van der Waals surface area contributed by atoms with Crippen molar-refractivity contribution in [3.63, 3.8) is 0 Å². The van der Waals surface area contributed by atoms with Gasteiger partial charge in [-0.05, 0) is 0 Å². The Morgan fingerprint density at radius 1 is 0.967 bits per heavy atom. The number of hydrogen-bond acceptors (Lipinski definition) is 1. The molecule has 1 atom stereocenters. The molecule has 0 fully saturated rings. The molecule has 0 bridgehead atoms. The van der Waals surface area contributed by atoms with Crippen LogP contribution in [-0.2, 0) is 27.7 Å². The van der Waals surface area contributed by atoms with Gasteiger partial charge in [-0.2, -0.15) is 0 Å². The Labute approximate surface area is 198 Å². The zero-order valence-electron chi connectivity index (χ0n) is 17.4. The van der Waals surface area contributed by atoms with Crippen molar-refractivity contribution in [2.24, 2.45) is 5.92 Å². The monoisotopic (exact) mass is 512 g/mol. The van der Waals surface area contributed by atoms with Crippen molar-refractivity contribution in [2.45, 2.75) is 27.2 Å². The number of fused-ring (bicyclic) bond motifs is 3. The number of allylic oxidation sites excluding steroid dienone is 4. The first-order valence-corrected chi connectivity index (χ1v) is 13.7. The van der Waals surface area contributed by atoms with Crippen LogP contribution in [0.1, 0.15) is 37.5 Å². The molecule has 0 aliphatic heterocycles. The van der Waals surface area contributed by atoms with Crippen molar-refractivity contribution < 1.29 is 50.5 Å². The second-order valence-corrected chi connectivity index (χ2v) is 15.0. The Kier molecular flexibility index (Phi) is 7.23. The van der Waals surface area contributed by atoms with Crippen molar-refractivity contribution >= 4 is 12.1 Å². The smallest absolute Gasteiger partial charge is 1.00 e. The van der Waals surface area contributed by atoms with Gasteiger partial charge >= 0.3 is 175 Å². The largest absolute Gasteiger partial charge is 1.00 e. The fourth-order valence-electron chi connectivity index (χ4n) is 4.78. The van der Waals surface area contributed by atoms with E-state index in [9.17, 15) is 0 Å². The summed E-state index contributed by atoms with van der Waals surface area (Å²) in [4.78, 5) is 0. The standard InChI is InChI=1S/C13H9.C10H9O.C3H6.2ClH.Zr/c1-3-7-12-10(5-1)9-11-6-2-4-8-13(11)12;1-8-2-3-9(6-8)10-4-5-11-7-10;1-3-2;;;/h1-5,7-8H,9H2;2-5,7-8H,1H3;1-2H3;2*1H;/q;;;;;+2/p-2. The van der Waals surface area contributed by atoms with Crippen LogP contribution in [0.4, 0.5) is 0 Å². The molecule has 0 N–H and O–H groups in total. The summed E-state index contributed by atoms with van der Waals surface area (Å²) in [5.41, 5.74) is 8.57. The SMILES string of the molecule is C[C](C)=[Zr+2]([C]1=C(c2ccoc2)C=CC1C)[c]1cccc2c1Cc1ccccc1-2.[Cl-].[Cl-]. The molecule has 152 valence electrons. The Balaban J connectivity index is 0.00000128. The summed E-state index contributed by atoms with van der Waals surface area (Å²) in [6.07, 6.45) is 9.47. The molecule has 0 radical (unpaired) electrons. The Morgan fingerprint density at radius 3 is 2.47 bits per heavy atom. The van der Waals surface area contributed by atoms with E-state index in [1.807, 2.05) is 6.26 Å². The molecule has 0 saturated carbocycles. The maximum atomic E-state index is 5.42. The minimum atomic E-state index is -2.20. The molecule has 2 aliphatic carbocycles. The average Bonchev–Trinajstić information content (AvgIpc) is 3.41. The number of benzene rings is 2. The normalized spacial score (nSPS) is 15.6. The van der Waals surface area contributed by atoms with Crippen molar-refractivity contribution in [2.75, 3.05) is 0 Å². The number of hydrogen-bond donors (Lipinski definition) is 0. The van der Waals surface area contributed by atoms with Crippen LogP contribution in [0.2, 0.25) is 0 Å². The van der Waals surface area contributed by atoms with Crippen molar-refractivity contribution in [1.82, 2.24) is 0 Å². The molecule has 2 aromatic carbocycles. The predicted octanol–water partition coefficient (Wildman–Crippen LogP) is -0.0683. The van der Waals surface area contributed by atoms with Crippen LogP contribution in [0.3, 0.4) is 0 Å². The van der Waals surface area contributed by atoms with E-state index >= 15 is 0 Å². The van der Waals surface area contributed by atoms with Crippen LogP contribution >= 0.6 is 0 Å². The van der Waals surface area contributed by atoms with Gasteiger partial charge in [0.05, 0.1) is 0 Å². The van der Waals surface area contributed by atoms with Gasteiger partial charge in [-0.15, -0.1) is 0 Å². The van der Waals surface area contributed by atoms with Gasteiger partial charge in [0.15, 0.2) is 0 Å². The van der Waals surface area contributed by atoms with E-state index in [1.165, 1.54) is 27.8 Å². The number of rotatable bonds is 3. The van der Waals surface area contributed by atoms with Gasteiger partial charge in [0, 0.05) is 0 Å². The predicted molar refractivity (Wildman–Crippen MR) is 115 cm³/mol. The summed E-state index contributed by atoms with van der Waals surface area (Å²) >= 11 is -2.20. The minimum Gasteiger partial charge on any atom is -1.00 e. The molecule has 1 heterocycles. The second-order valence-electron chi connectivity index (χ2n) is 8.03. The summed E-state index contributed by atoms with van der Waals surface area (Å²) in [5.74, 6) is 0.508. The third kappa shape index (κ3) is 3.79. The van der Waals surface area contributed by atoms with Crippen molar-refractivity contribution in [3.05, 3.63) is 93.2 Å². The van der Waals surface area contributed by atoms with Crippen LogP contribution in [0.15, 0.2) is 80.9 Å². The zero-order chi connectivity index (χ0) is 19.3. The molecular weight excluding hydrogens is 490 g/mol. The van der Waals surface area contributed by atoms with E-state index in [-0.39, 0.29) is 24.8 Å². The molecule has 0 saturated heterocycles.